The van der Waals surface area contributed by atoms with Crippen molar-refractivity contribution >= 4 is 0 Å². The Labute approximate surface area is 89.9 Å². The standard InChI is InChI=1S/C12H17NO2/c1-15-11-6-5-8-3-2-4-9(8)12(11)10(13)7-14/h5-6,10,14H,2-4,7,13H2,1H3. The van der Waals surface area contributed by atoms with Crippen LogP contribution >= 0.6 is 0 Å². The van der Waals surface area contributed by atoms with Gasteiger partial charge in [-0.2, -0.15) is 0 Å². The Hall–Kier alpha value is -1.06. The average Bonchev–Trinajstić information content (AvgIpc) is 2.74. The molecule has 1 unspecified atom stereocenters. The van der Waals surface area contributed by atoms with Crippen molar-refractivity contribution in [1.82, 2.24) is 0 Å². The molecular formula is C12H17NO2. The molecule has 0 heterocycles. The van der Waals surface area contributed by atoms with E-state index in [-0.39, 0.29) is 12.6 Å². The molecule has 0 saturated heterocycles. The molecule has 0 radical (unpaired) electrons. The summed E-state index contributed by atoms with van der Waals surface area (Å²) in [6.07, 6.45) is 3.34. The lowest BCUT2D eigenvalue weighted by Crippen LogP contribution is -2.17. The lowest BCUT2D eigenvalue weighted by atomic mass is 9.97. The molecule has 82 valence electrons. The van der Waals surface area contributed by atoms with Crippen molar-refractivity contribution in [2.24, 2.45) is 5.73 Å². The van der Waals surface area contributed by atoms with E-state index in [4.69, 9.17) is 15.6 Å². The van der Waals surface area contributed by atoms with E-state index < -0.39 is 0 Å². The zero-order valence-electron chi connectivity index (χ0n) is 8.99. The highest BCUT2D eigenvalue weighted by molar-refractivity contribution is 5.49. The average molecular weight is 207 g/mol. The van der Waals surface area contributed by atoms with E-state index in [0.717, 1.165) is 24.2 Å². The van der Waals surface area contributed by atoms with Crippen molar-refractivity contribution in [3.05, 3.63) is 28.8 Å². The second kappa shape index (κ2) is 4.21. The van der Waals surface area contributed by atoms with Gasteiger partial charge in [0.25, 0.3) is 0 Å². The maximum Gasteiger partial charge on any atom is 0.124 e. The molecule has 0 aliphatic heterocycles. The SMILES string of the molecule is COc1ccc2c(c1C(N)CO)CCC2. The van der Waals surface area contributed by atoms with Gasteiger partial charge in [-0.1, -0.05) is 6.07 Å². The first-order valence-electron chi connectivity index (χ1n) is 5.33. The summed E-state index contributed by atoms with van der Waals surface area (Å²) in [5.41, 5.74) is 9.55. The van der Waals surface area contributed by atoms with E-state index in [2.05, 4.69) is 6.07 Å². The van der Waals surface area contributed by atoms with Gasteiger partial charge in [-0.05, 0) is 36.5 Å². The number of hydrogen-bond acceptors (Lipinski definition) is 3. The van der Waals surface area contributed by atoms with Crippen molar-refractivity contribution in [2.45, 2.75) is 25.3 Å². The monoisotopic (exact) mass is 207 g/mol. The van der Waals surface area contributed by atoms with Gasteiger partial charge in [0.2, 0.25) is 0 Å². The van der Waals surface area contributed by atoms with Gasteiger partial charge >= 0.3 is 0 Å². The summed E-state index contributed by atoms with van der Waals surface area (Å²) < 4.78 is 5.30. The second-order valence-electron chi connectivity index (χ2n) is 3.96. The van der Waals surface area contributed by atoms with Crippen LogP contribution in [0, 0.1) is 0 Å². The first-order chi connectivity index (χ1) is 7.27. The smallest absolute Gasteiger partial charge is 0.124 e. The van der Waals surface area contributed by atoms with E-state index in [9.17, 15) is 0 Å². The van der Waals surface area contributed by atoms with Gasteiger partial charge in [0, 0.05) is 5.56 Å². The lowest BCUT2D eigenvalue weighted by Gasteiger charge is -2.17. The molecule has 0 saturated carbocycles. The maximum atomic E-state index is 9.16. The number of aryl methyl sites for hydroxylation is 1. The zero-order chi connectivity index (χ0) is 10.8. The van der Waals surface area contributed by atoms with Crippen LogP contribution in [0.4, 0.5) is 0 Å². The molecule has 2 rings (SSSR count). The predicted octanol–water partition coefficient (Wildman–Crippen LogP) is 1.18. The second-order valence-corrected chi connectivity index (χ2v) is 3.96. The topological polar surface area (TPSA) is 55.5 Å². The van der Waals surface area contributed by atoms with Crippen molar-refractivity contribution in [1.29, 1.82) is 0 Å². The number of ether oxygens (including phenoxy) is 1. The molecule has 0 bridgehead atoms. The minimum absolute atomic E-state index is 0.0349. The van der Waals surface area contributed by atoms with Gasteiger partial charge in [0.1, 0.15) is 5.75 Å². The normalized spacial score (nSPS) is 16.2. The van der Waals surface area contributed by atoms with E-state index in [1.807, 2.05) is 6.07 Å². The van der Waals surface area contributed by atoms with E-state index >= 15 is 0 Å². The van der Waals surface area contributed by atoms with Crippen LogP contribution < -0.4 is 10.5 Å². The number of fused-ring (bicyclic) bond motifs is 1. The molecule has 0 fully saturated rings. The lowest BCUT2D eigenvalue weighted by molar-refractivity contribution is 0.264. The molecule has 1 aromatic rings. The fraction of sp³-hybridized carbons (Fsp3) is 0.500. The van der Waals surface area contributed by atoms with Gasteiger partial charge in [-0.25, -0.2) is 0 Å². The maximum absolute atomic E-state index is 9.16. The number of hydrogen-bond donors (Lipinski definition) is 2. The minimum Gasteiger partial charge on any atom is -0.496 e. The van der Waals surface area contributed by atoms with Crippen LogP contribution in [-0.4, -0.2) is 18.8 Å². The number of rotatable bonds is 3. The fourth-order valence-electron chi connectivity index (χ4n) is 2.35. The van der Waals surface area contributed by atoms with Crippen molar-refractivity contribution in [2.75, 3.05) is 13.7 Å². The molecule has 0 spiro atoms. The summed E-state index contributed by atoms with van der Waals surface area (Å²) in [7, 11) is 1.64. The van der Waals surface area contributed by atoms with Crippen LogP contribution in [0.15, 0.2) is 12.1 Å². The van der Waals surface area contributed by atoms with Gasteiger partial charge in [-0.15, -0.1) is 0 Å². The Morgan fingerprint density at radius 3 is 2.93 bits per heavy atom. The summed E-state index contributed by atoms with van der Waals surface area (Å²) in [4.78, 5) is 0. The van der Waals surface area contributed by atoms with Gasteiger partial charge in [-0.3, -0.25) is 0 Å². The first-order valence-corrected chi connectivity index (χ1v) is 5.33. The Kier molecular flexibility index (Phi) is 2.93. The molecule has 1 aliphatic carbocycles. The summed E-state index contributed by atoms with van der Waals surface area (Å²) >= 11 is 0. The molecule has 15 heavy (non-hydrogen) atoms. The molecular weight excluding hydrogens is 190 g/mol. The fourth-order valence-corrected chi connectivity index (χ4v) is 2.35. The van der Waals surface area contributed by atoms with Crippen LogP contribution in [0.5, 0.6) is 5.75 Å². The highest BCUT2D eigenvalue weighted by atomic mass is 16.5. The van der Waals surface area contributed by atoms with Gasteiger partial charge in [0.15, 0.2) is 0 Å². The molecule has 3 N–H and O–H groups in total. The number of methoxy groups -OCH3 is 1. The summed E-state index contributed by atoms with van der Waals surface area (Å²) in [6, 6.07) is 3.73. The van der Waals surface area contributed by atoms with Crippen molar-refractivity contribution in [3.63, 3.8) is 0 Å². The first kappa shape index (κ1) is 10.5. The number of benzene rings is 1. The van der Waals surface area contributed by atoms with Crippen molar-refractivity contribution in [3.8, 4) is 5.75 Å². The number of aliphatic hydroxyl groups is 1. The van der Waals surface area contributed by atoms with Crippen LogP contribution in [0.25, 0.3) is 0 Å². The Morgan fingerprint density at radius 1 is 1.47 bits per heavy atom. The van der Waals surface area contributed by atoms with E-state index in [0.29, 0.717) is 0 Å². The quantitative estimate of drug-likeness (QED) is 0.782. The Morgan fingerprint density at radius 2 is 2.27 bits per heavy atom. The molecule has 1 atom stereocenters. The third-order valence-electron chi connectivity index (χ3n) is 3.07. The molecule has 0 amide bonds. The van der Waals surface area contributed by atoms with E-state index in [1.165, 1.54) is 17.5 Å². The molecule has 1 aliphatic rings. The Bertz CT molecular complexity index is 363. The molecule has 3 heteroatoms. The van der Waals surface area contributed by atoms with Gasteiger partial charge < -0.3 is 15.6 Å². The van der Waals surface area contributed by atoms with Crippen LogP contribution in [0.2, 0.25) is 0 Å². The highest BCUT2D eigenvalue weighted by Crippen LogP contribution is 2.34. The Balaban J connectivity index is 2.52. The van der Waals surface area contributed by atoms with Crippen LogP contribution in [0.1, 0.15) is 29.2 Å². The summed E-state index contributed by atoms with van der Waals surface area (Å²) in [6.45, 7) is -0.0349. The number of aliphatic hydroxyl groups excluding tert-OH is 1. The van der Waals surface area contributed by atoms with Crippen LogP contribution in [-0.2, 0) is 12.8 Å². The summed E-state index contributed by atoms with van der Waals surface area (Å²) in [5.74, 6) is 0.803. The van der Waals surface area contributed by atoms with Gasteiger partial charge in [0.05, 0.1) is 19.8 Å². The van der Waals surface area contributed by atoms with Crippen LogP contribution in [0.3, 0.4) is 0 Å². The molecule has 1 aromatic carbocycles. The molecule has 3 nitrogen and oxygen atoms in total. The third kappa shape index (κ3) is 1.73. The number of nitrogens with two attached hydrogens (primary N) is 1. The summed E-state index contributed by atoms with van der Waals surface area (Å²) in [5, 5.41) is 9.16. The minimum atomic E-state index is -0.326. The molecule has 0 aromatic heterocycles. The largest absolute Gasteiger partial charge is 0.496 e. The predicted molar refractivity (Wildman–Crippen MR) is 59.0 cm³/mol. The third-order valence-corrected chi connectivity index (χ3v) is 3.07. The highest BCUT2D eigenvalue weighted by Gasteiger charge is 2.21. The zero-order valence-corrected chi connectivity index (χ0v) is 8.99. The van der Waals surface area contributed by atoms with Crippen molar-refractivity contribution < 1.29 is 9.84 Å². The van der Waals surface area contributed by atoms with E-state index in [1.54, 1.807) is 7.11 Å².